The molecular weight excluding hydrogens is 256 g/mol. The molecule has 2 aromatic carbocycles. The highest BCUT2D eigenvalue weighted by atomic mass is 16.6. The minimum Gasteiger partial charge on any atom is -0.352 e. The van der Waals surface area contributed by atoms with Crippen molar-refractivity contribution in [3.05, 3.63) is 52.1 Å². The van der Waals surface area contributed by atoms with E-state index in [2.05, 4.69) is 5.32 Å². The molecule has 0 heterocycles. The predicted octanol–water partition coefficient (Wildman–Crippen LogP) is 3.28. The maximum atomic E-state index is 12.1. The summed E-state index contributed by atoms with van der Waals surface area (Å²) in [5.41, 5.74) is 0.494. The van der Waals surface area contributed by atoms with Gasteiger partial charge in [-0.15, -0.1) is 0 Å². The fraction of sp³-hybridized carbons (Fsp3) is 0.267. The summed E-state index contributed by atoms with van der Waals surface area (Å²) in [7, 11) is 0. The van der Waals surface area contributed by atoms with Crippen molar-refractivity contribution in [2.24, 2.45) is 0 Å². The number of unbranched alkanes of at least 4 members (excludes halogenated alkanes) is 1. The van der Waals surface area contributed by atoms with Gasteiger partial charge in [-0.1, -0.05) is 31.5 Å². The van der Waals surface area contributed by atoms with Crippen LogP contribution in [0, 0.1) is 10.1 Å². The smallest absolute Gasteiger partial charge is 0.277 e. The Balaban J connectivity index is 2.43. The molecule has 1 N–H and O–H groups in total. The van der Waals surface area contributed by atoms with E-state index in [1.54, 1.807) is 24.3 Å². The van der Waals surface area contributed by atoms with Gasteiger partial charge in [0.25, 0.3) is 11.6 Å². The third-order valence-corrected chi connectivity index (χ3v) is 3.16. The molecule has 104 valence electrons. The molecule has 0 atom stereocenters. The fourth-order valence-electron chi connectivity index (χ4n) is 2.11. The average molecular weight is 272 g/mol. The van der Waals surface area contributed by atoms with Crippen LogP contribution in [-0.2, 0) is 0 Å². The molecule has 1 amide bonds. The van der Waals surface area contributed by atoms with Gasteiger partial charge in [-0.05, 0) is 18.6 Å². The number of non-ortho nitro benzene ring substituents is 1. The van der Waals surface area contributed by atoms with Crippen LogP contribution < -0.4 is 5.32 Å². The molecule has 0 spiro atoms. The minimum absolute atomic E-state index is 0.0192. The second kappa shape index (κ2) is 6.14. The number of nitro groups is 1. The van der Waals surface area contributed by atoms with Gasteiger partial charge in [0.1, 0.15) is 0 Å². The Bertz CT molecular complexity index is 653. The van der Waals surface area contributed by atoms with E-state index in [1.807, 2.05) is 6.92 Å². The third-order valence-electron chi connectivity index (χ3n) is 3.16. The largest absolute Gasteiger partial charge is 0.352 e. The Hall–Kier alpha value is -2.43. The molecule has 0 saturated heterocycles. The van der Waals surface area contributed by atoms with Gasteiger partial charge in [-0.3, -0.25) is 14.9 Å². The zero-order chi connectivity index (χ0) is 14.5. The number of carbonyl (C=O) groups is 1. The lowest BCUT2D eigenvalue weighted by Crippen LogP contribution is -2.24. The second-order valence-corrected chi connectivity index (χ2v) is 4.54. The molecule has 2 aromatic rings. The Morgan fingerprint density at radius 2 is 1.90 bits per heavy atom. The Morgan fingerprint density at radius 1 is 1.20 bits per heavy atom. The lowest BCUT2D eigenvalue weighted by molar-refractivity contribution is -0.383. The molecule has 0 unspecified atom stereocenters. The van der Waals surface area contributed by atoms with Gasteiger partial charge in [-0.2, -0.15) is 0 Å². The third kappa shape index (κ3) is 2.77. The number of nitro benzene ring substituents is 1. The molecule has 0 aliphatic heterocycles. The molecule has 0 aromatic heterocycles. The van der Waals surface area contributed by atoms with Crippen LogP contribution in [-0.4, -0.2) is 17.4 Å². The van der Waals surface area contributed by atoms with Crippen LogP contribution in [0.3, 0.4) is 0 Å². The van der Waals surface area contributed by atoms with Crippen molar-refractivity contribution in [2.75, 3.05) is 6.54 Å². The van der Waals surface area contributed by atoms with Crippen molar-refractivity contribution in [3.8, 4) is 0 Å². The summed E-state index contributed by atoms with van der Waals surface area (Å²) in [5, 5.41) is 14.9. The Kier molecular flexibility index (Phi) is 4.30. The van der Waals surface area contributed by atoms with Gasteiger partial charge < -0.3 is 5.32 Å². The molecule has 0 radical (unpaired) electrons. The van der Waals surface area contributed by atoms with Crippen molar-refractivity contribution >= 4 is 22.4 Å². The van der Waals surface area contributed by atoms with E-state index in [9.17, 15) is 14.9 Å². The SMILES string of the molecule is CCCCNC(=O)c1ccc([N+](=O)[O-])c2ccccc12. The molecular formula is C15H16N2O3. The topological polar surface area (TPSA) is 72.2 Å². The van der Waals surface area contributed by atoms with Crippen LogP contribution in [0.15, 0.2) is 36.4 Å². The van der Waals surface area contributed by atoms with Gasteiger partial charge in [-0.25, -0.2) is 0 Å². The van der Waals surface area contributed by atoms with Crippen LogP contribution >= 0.6 is 0 Å². The van der Waals surface area contributed by atoms with Gasteiger partial charge in [0.2, 0.25) is 0 Å². The van der Waals surface area contributed by atoms with Crippen LogP contribution in [0.2, 0.25) is 0 Å². The molecule has 0 saturated carbocycles. The van der Waals surface area contributed by atoms with E-state index in [-0.39, 0.29) is 11.6 Å². The van der Waals surface area contributed by atoms with Gasteiger partial charge in [0.15, 0.2) is 0 Å². The quantitative estimate of drug-likeness (QED) is 0.515. The number of amides is 1. The predicted molar refractivity (Wildman–Crippen MR) is 77.8 cm³/mol. The Morgan fingerprint density at radius 3 is 2.55 bits per heavy atom. The molecule has 0 bridgehead atoms. The first kappa shape index (κ1) is 14.0. The van der Waals surface area contributed by atoms with Gasteiger partial charge >= 0.3 is 0 Å². The van der Waals surface area contributed by atoms with Gasteiger partial charge in [0.05, 0.1) is 10.3 Å². The van der Waals surface area contributed by atoms with E-state index >= 15 is 0 Å². The van der Waals surface area contributed by atoms with Crippen molar-refractivity contribution in [1.29, 1.82) is 0 Å². The van der Waals surface area contributed by atoms with E-state index in [1.165, 1.54) is 12.1 Å². The molecule has 0 aliphatic rings. The summed E-state index contributed by atoms with van der Waals surface area (Å²) in [6, 6.07) is 9.80. The second-order valence-electron chi connectivity index (χ2n) is 4.54. The molecule has 0 aliphatic carbocycles. The van der Waals surface area contributed by atoms with Crippen molar-refractivity contribution in [1.82, 2.24) is 5.32 Å². The monoisotopic (exact) mass is 272 g/mol. The number of hydrogen-bond donors (Lipinski definition) is 1. The molecule has 20 heavy (non-hydrogen) atoms. The van der Waals surface area contributed by atoms with Crippen LogP contribution in [0.4, 0.5) is 5.69 Å². The molecule has 5 heteroatoms. The number of fused-ring (bicyclic) bond motifs is 1. The first-order valence-electron chi connectivity index (χ1n) is 6.59. The molecule has 2 rings (SSSR count). The van der Waals surface area contributed by atoms with E-state index in [0.717, 1.165) is 12.8 Å². The summed E-state index contributed by atoms with van der Waals surface area (Å²) in [6.45, 7) is 2.66. The number of hydrogen-bond acceptors (Lipinski definition) is 3. The highest BCUT2D eigenvalue weighted by Gasteiger charge is 2.17. The maximum absolute atomic E-state index is 12.1. The van der Waals surface area contributed by atoms with E-state index in [4.69, 9.17) is 0 Å². The number of nitrogens with zero attached hydrogens (tertiary/aromatic N) is 1. The number of carbonyl (C=O) groups excluding carboxylic acids is 1. The summed E-state index contributed by atoms with van der Waals surface area (Å²) < 4.78 is 0. The maximum Gasteiger partial charge on any atom is 0.277 e. The summed E-state index contributed by atoms with van der Waals surface area (Å²) in [5.74, 6) is -0.190. The summed E-state index contributed by atoms with van der Waals surface area (Å²) in [4.78, 5) is 22.7. The fourth-order valence-corrected chi connectivity index (χ4v) is 2.11. The zero-order valence-electron chi connectivity index (χ0n) is 11.3. The molecule has 0 fully saturated rings. The van der Waals surface area contributed by atoms with Crippen LogP contribution in [0.25, 0.3) is 10.8 Å². The van der Waals surface area contributed by atoms with Crippen molar-refractivity contribution in [2.45, 2.75) is 19.8 Å². The lowest BCUT2D eigenvalue weighted by atomic mass is 10.0. The minimum atomic E-state index is -0.429. The number of rotatable bonds is 5. The van der Waals surface area contributed by atoms with E-state index in [0.29, 0.717) is 22.9 Å². The van der Waals surface area contributed by atoms with Crippen molar-refractivity contribution in [3.63, 3.8) is 0 Å². The first-order chi connectivity index (χ1) is 9.65. The summed E-state index contributed by atoms with van der Waals surface area (Å²) in [6.07, 6.45) is 1.91. The highest BCUT2D eigenvalue weighted by molar-refractivity contribution is 6.09. The van der Waals surface area contributed by atoms with Crippen LogP contribution in [0.5, 0.6) is 0 Å². The average Bonchev–Trinajstić information content (AvgIpc) is 2.46. The number of benzene rings is 2. The first-order valence-corrected chi connectivity index (χ1v) is 6.59. The van der Waals surface area contributed by atoms with Crippen LogP contribution in [0.1, 0.15) is 30.1 Å². The van der Waals surface area contributed by atoms with Crippen molar-refractivity contribution < 1.29 is 9.72 Å². The summed E-state index contributed by atoms with van der Waals surface area (Å²) >= 11 is 0. The normalized spacial score (nSPS) is 10.4. The van der Waals surface area contributed by atoms with Gasteiger partial charge in [0, 0.05) is 23.6 Å². The van der Waals surface area contributed by atoms with E-state index < -0.39 is 4.92 Å². The lowest BCUT2D eigenvalue weighted by Gasteiger charge is -2.08. The molecule has 5 nitrogen and oxygen atoms in total. The highest BCUT2D eigenvalue weighted by Crippen LogP contribution is 2.28. The number of nitrogens with one attached hydrogen (secondary N) is 1. The standard InChI is InChI=1S/C15H16N2O3/c1-2-3-10-16-15(18)13-8-9-14(17(19)20)12-7-5-4-6-11(12)13/h4-9H,2-3,10H2,1H3,(H,16,18). The zero-order valence-corrected chi connectivity index (χ0v) is 11.3. The Labute approximate surface area is 116 Å².